The van der Waals surface area contributed by atoms with Crippen molar-refractivity contribution in [2.75, 3.05) is 4.90 Å². The molecule has 9 aromatic rings. The summed E-state index contributed by atoms with van der Waals surface area (Å²) in [5.41, 5.74) is 10.6. The van der Waals surface area contributed by atoms with Gasteiger partial charge in [0, 0.05) is 17.1 Å². The fraction of sp³-hybridized carbons (Fsp3) is 0. The number of hydrogen-bond donors (Lipinski definition) is 0. The van der Waals surface area contributed by atoms with Gasteiger partial charge in [-0.05, 0) is 114 Å². The molecule has 0 saturated heterocycles. The molecule has 0 aliphatic carbocycles. The van der Waals surface area contributed by atoms with Crippen molar-refractivity contribution in [3.05, 3.63) is 200 Å². The molecule has 0 radical (unpaired) electrons. The summed E-state index contributed by atoms with van der Waals surface area (Å²) < 4.78 is 0. The second-order valence-corrected chi connectivity index (χ2v) is 12.6. The summed E-state index contributed by atoms with van der Waals surface area (Å²) in [7, 11) is 0. The van der Waals surface area contributed by atoms with Gasteiger partial charge in [-0.1, -0.05) is 152 Å². The SMILES string of the molecule is c1ccc(-c2ccc(N(c3ccccc3)c3ccc(-c4cccc(-c5ccc6c7ccccc7c7ccccc7c6c5)c4)cc3)cc2)cc1. The van der Waals surface area contributed by atoms with Gasteiger partial charge in [0.25, 0.3) is 0 Å². The van der Waals surface area contributed by atoms with E-state index in [1.807, 2.05) is 0 Å². The summed E-state index contributed by atoms with van der Waals surface area (Å²) in [5, 5.41) is 7.78. The van der Waals surface area contributed by atoms with Gasteiger partial charge in [-0.3, -0.25) is 0 Å². The Labute approximate surface area is 287 Å². The topological polar surface area (TPSA) is 3.24 Å². The van der Waals surface area contributed by atoms with E-state index in [2.05, 4.69) is 205 Å². The van der Waals surface area contributed by atoms with Crippen molar-refractivity contribution in [1.29, 1.82) is 0 Å². The molecule has 1 nitrogen and oxygen atoms in total. The number of benzene rings is 9. The van der Waals surface area contributed by atoms with Gasteiger partial charge in [-0.15, -0.1) is 0 Å². The van der Waals surface area contributed by atoms with Crippen LogP contribution in [0.4, 0.5) is 17.1 Å². The molecule has 9 rings (SSSR count). The van der Waals surface area contributed by atoms with Gasteiger partial charge in [0.2, 0.25) is 0 Å². The first-order chi connectivity index (χ1) is 24.3. The fourth-order valence-corrected chi connectivity index (χ4v) is 7.23. The number of hydrogen-bond acceptors (Lipinski definition) is 1. The Morgan fingerprint density at radius 3 is 1.12 bits per heavy atom. The molecule has 0 fully saturated rings. The molecule has 1 heteroatoms. The van der Waals surface area contributed by atoms with Gasteiger partial charge in [0.05, 0.1) is 0 Å². The van der Waals surface area contributed by atoms with E-state index in [9.17, 15) is 0 Å². The molecule has 0 bridgehead atoms. The van der Waals surface area contributed by atoms with Crippen LogP contribution in [0.25, 0.3) is 65.7 Å². The zero-order chi connectivity index (χ0) is 32.6. The van der Waals surface area contributed by atoms with Crippen molar-refractivity contribution in [2.24, 2.45) is 0 Å². The van der Waals surface area contributed by atoms with Crippen LogP contribution in [0.1, 0.15) is 0 Å². The fourth-order valence-electron chi connectivity index (χ4n) is 7.23. The zero-order valence-corrected chi connectivity index (χ0v) is 27.0. The Balaban J connectivity index is 1.07. The standard InChI is InChI=1S/C48H33N/c1-3-12-34(13-4-1)35-22-27-41(28-23-35)49(40-16-5-2-6-17-40)42-29-24-36(25-30-42)37-14-11-15-38(32-37)39-26-31-47-45-20-8-7-18-43(45)44-19-9-10-21-46(44)48(47)33-39/h1-33H. The molecule has 0 aliphatic rings. The monoisotopic (exact) mass is 623 g/mol. The van der Waals surface area contributed by atoms with Crippen LogP contribution in [0, 0.1) is 0 Å². The Bertz CT molecular complexity index is 2530. The maximum atomic E-state index is 2.37. The highest BCUT2D eigenvalue weighted by atomic mass is 15.1. The van der Waals surface area contributed by atoms with Crippen molar-refractivity contribution >= 4 is 49.4 Å². The summed E-state index contributed by atoms with van der Waals surface area (Å²) in [6.07, 6.45) is 0. The number of para-hydroxylation sites is 1. The largest absolute Gasteiger partial charge is 0.311 e. The number of nitrogens with zero attached hydrogens (tertiary/aromatic N) is 1. The van der Waals surface area contributed by atoms with Gasteiger partial charge >= 0.3 is 0 Å². The van der Waals surface area contributed by atoms with Gasteiger partial charge in [-0.25, -0.2) is 0 Å². The summed E-state index contributed by atoms with van der Waals surface area (Å²) in [4.78, 5) is 2.32. The quantitative estimate of drug-likeness (QED) is 0.167. The zero-order valence-electron chi connectivity index (χ0n) is 27.0. The molecule has 0 unspecified atom stereocenters. The Morgan fingerprint density at radius 2 is 0.551 bits per heavy atom. The minimum atomic E-state index is 1.12. The molecular formula is C48H33N. The van der Waals surface area contributed by atoms with Crippen molar-refractivity contribution in [3.63, 3.8) is 0 Å². The number of rotatable bonds is 6. The third kappa shape index (κ3) is 5.32. The lowest BCUT2D eigenvalue weighted by Gasteiger charge is -2.26. The van der Waals surface area contributed by atoms with Crippen molar-refractivity contribution in [1.82, 2.24) is 0 Å². The van der Waals surface area contributed by atoms with Crippen LogP contribution in [-0.4, -0.2) is 0 Å². The van der Waals surface area contributed by atoms with E-state index in [1.165, 1.54) is 65.7 Å². The molecular weight excluding hydrogens is 591 g/mol. The predicted molar refractivity (Wildman–Crippen MR) is 210 cm³/mol. The molecule has 0 saturated carbocycles. The number of fused-ring (bicyclic) bond motifs is 6. The van der Waals surface area contributed by atoms with Gasteiger partial charge in [0.15, 0.2) is 0 Å². The van der Waals surface area contributed by atoms with Crippen LogP contribution in [0.3, 0.4) is 0 Å². The Hall–Kier alpha value is -6.44. The minimum absolute atomic E-state index is 1.12. The third-order valence-corrected chi connectivity index (χ3v) is 9.65. The predicted octanol–water partition coefficient (Wildman–Crippen LogP) is 13.6. The van der Waals surface area contributed by atoms with Crippen molar-refractivity contribution in [3.8, 4) is 33.4 Å². The molecule has 0 amide bonds. The first kappa shape index (κ1) is 28.8. The average Bonchev–Trinajstić information content (AvgIpc) is 3.19. The average molecular weight is 624 g/mol. The van der Waals surface area contributed by atoms with Gasteiger partial charge in [0.1, 0.15) is 0 Å². The first-order valence-electron chi connectivity index (χ1n) is 16.8. The van der Waals surface area contributed by atoms with E-state index in [-0.39, 0.29) is 0 Å². The van der Waals surface area contributed by atoms with E-state index in [4.69, 9.17) is 0 Å². The molecule has 0 heterocycles. The lowest BCUT2D eigenvalue weighted by Crippen LogP contribution is -2.09. The molecule has 9 aromatic carbocycles. The molecule has 230 valence electrons. The smallest absolute Gasteiger partial charge is 0.0462 e. The normalized spacial score (nSPS) is 11.3. The van der Waals surface area contributed by atoms with E-state index in [0.717, 1.165) is 17.1 Å². The maximum absolute atomic E-state index is 2.37. The Morgan fingerprint density at radius 1 is 0.204 bits per heavy atom. The van der Waals surface area contributed by atoms with Crippen LogP contribution in [0.5, 0.6) is 0 Å². The van der Waals surface area contributed by atoms with Crippen molar-refractivity contribution < 1.29 is 0 Å². The van der Waals surface area contributed by atoms with Crippen LogP contribution in [-0.2, 0) is 0 Å². The van der Waals surface area contributed by atoms with Crippen LogP contribution in [0.15, 0.2) is 200 Å². The van der Waals surface area contributed by atoms with E-state index in [0.29, 0.717) is 0 Å². The van der Waals surface area contributed by atoms with Crippen molar-refractivity contribution in [2.45, 2.75) is 0 Å². The summed E-state index contributed by atoms with van der Waals surface area (Å²) in [6, 6.07) is 72.3. The molecule has 0 atom stereocenters. The molecule has 0 spiro atoms. The second kappa shape index (κ2) is 12.3. The third-order valence-electron chi connectivity index (χ3n) is 9.65. The van der Waals surface area contributed by atoms with Crippen LogP contribution >= 0.6 is 0 Å². The maximum Gasteiger partial charge on any atom is 0.0462 e. The lowest BCUT2D eigenvalue weighted by atomic mass is 9.91. The summed E-state index contributed by atoms with van der Waals surface area (Å²) >= 11 is 0. The first-order valence-corrected chi connectivity index (χ1v) is 16.8. The molecule has 0 aliphatic heterocycles. The minimum Gasteiger partial charge on any atom is -0.311 e. The van der Waals surface area contributed by atoms with E-state index in [1.54, 1.807) is 0 Å². The second-order valence-electron chi connectivity index (χ2n) is 12.6. The summed E-state index contributed by atoms with van der Waals surface area (Å²) in [5.74, 6) is 0. The van der Waals surface area contributed by atoms with E-state index < -0.39 is 0 Å². The number of anilines is 3. The van der Waals surface area contributed by atoms with Crippen LogP contribution in [0.2, 0.25) is 0 Å². The Kier molecular flexibility index (Phi) is 7.22. The highest BCUT2D eigenvalue weighted by molar-refractivity contribution is 6.25. The molecule has 0 aromatic heterocycles. The van der Waals surface area contributed by atoms with Gasteiger partial charge in [-0.2, -0.15) is 0 Å². The van der Waals surface area contributed by atoms with Crippen LogP contribution < -0.4 is 4.90 Å². The molecule has 0 N–H and O–H groups in total. The lowest BCUT2D eigenvalue weighted by molar-refractivity contribution is 1.28. The highest BCUT2D eigenvalue weighted by Gasteiger charge is 2.14. The van der Waals surface area contributed by atoms with E-state index >= 15 is 0 Å². The summed E-state index contributed by atoms with van der Waals surface area (Å²) in [6.45, 7) is 0. The highest BCUT2D eigenvalue weighted by Crippen LogP contribution is 2.39. The van der Waals surface area contributed by atoms with Gasteiger partial charge < -0.3 is 4.90 Å². The molecule has 49 heavy (non-hydrogen) atoms.